The van der Waals surface area contributed by atoms with Crippen LogP contribution in [0.15, 0.2) is 36.5 Å². The van der Waals surface area contributed by atoms with Crippen LogP contribution in [0.25, 0.3) is 0 Å². The predicted molar refractivity (Wildman–Crippen MR) is 99.7 cm³/mol. The highest BCUT2D eigenvalue weighted by atomic mass is 35.5. The number of nitrogens with zero attached hydrogens (tertiary/aromatic N) is 2. The number of likely N-dealkylation sites (tertiary alicyclic amines) is 1. The number of nitrogens with two attached hydrogens (primary N) is 1. The summed E-state index contributed by atoms with van der Waals surface area (Å²) in [6.45, 7) is 3.53. The molecule has 132 valence electrons. The van der Waals surface area contributed by atoms with Crippen LogP contribution in [0.1, 0.15) is 41.6 Å². The molecule has 3 rings (SSSR count). The van der Waals surface area contributed by atoms with Crippen LogP contribution in [0.3, 0.4) is 0 Å². The Morgan fingerprint density at radius 3 is 2.38 bits per heavy atom. The highest BCUT2D eigenvalue weighted by Crippen LogP contribution is 2.27. The first-order valence-corrected chi connectivity index (χ1v) is 7.75. The SMILES string of the molecule is Cc1ccc(C(N)C(=O)N2CCC(c3ccn[nH]3)CC2)cc1.Cl.Cl. The molecule has 1 atom stereocenters. The van der Waals surface area contributed by atoms with Gasteiger partial charge in [-0.1, -0.05) is 29.8 Å². The number of nitrogens with one attached hydrogen (secondary N) is 1. The van der Waals surface area contributed by atoms with Gasteiger partial charge in [-0.05, 0) is 31.4 Å². The van der Waals surface area contributed by atoms with E-state index in [0.29, 0.717) is 5.92 Å². The summed E-state index contributed by atoms with van der Waals surface area (Å²) >= 11 is 0. The molecule has 1 saturated heterocycles. The number of hydrogen-bond acceptors (Lipinski definition) is 3. The molecular formula is C17H24Cl2N4O. The van der Waals surface area contributed by atoms with Crippen molar-refractivity contribution in [2.75, 3.05) is 13.1 Å². The smallest absolute Gasteiger partial charge is 0.244 e. The van der Waals surface area contributed by atoms with Crippen LogP contribution in [0.4, 0.5) is 0 Å². The summed E-state index contributed by atoms with van der Waals surface area (Å²) in [4.78, 5) is 14.4. The van der Waals surface area contributed by atoms with E-state index in [-0.39, 0.29) is 30.7 Å². The first-order chi connectivity index (χ1) is 10.6. The van der Waals surface area contributed by atoms with E-state index in [4.69, 9.17) is 5.73 Å². The van der Waals surface area contributed by atoms with Crippen LogP contribution < -0.4 is 5.73 Å². The van der Waals surface area contributed by atoms with Crippen LogP contribution in [-0.4, -0.2) is 34.1 Å². The Hall–Kier alpha value is -1.56. The number of rotatable bonds is 3. The summed E-state index contributed by atoms with van der Waals surface area (Å²) in [7, 11) is 0. The summed E-state index contributed by atoms with van der Waals surface area (Å²) in [5.41, 5.74) is 9.35. The molecule has 0 aliphatic carbocycles. The van der Waals surface area contributed by atoms with Gasteiger partial charge in [0.15, 0.2) is 0 Å². The summed E-state index contributed by atoms with van der Waals surface area (Å²) in [5.74, 6) is 0.481. The molecule has 0 bridgehead atoms. The maximum Gasteiger partial charge on any atom is 0.244 e. The third kappa shape index (κ3) is 4.50. The van der Waals surface area contributed by atoms with Crippen molar-refractivity contribution in [1.82, 2.24) is 15.1 Å². The van der Waals surface area contributed by atoms with Crippen molar-refractivity contribution in [1.29, 1.82) is 0 Å². The fraction of sp³-hybridized carbons (Fsp3) is 0.412. The second kappa shape index (κ2) is 9.06. The van der Waals surface area contributed by atoms with Gasteiger partial charge in [-0.2, -0.15) is 5.10 Å². The van der Waals surface area contributed by atoms with Crippen molar-refractivity contribution < 1.29 is 4.79 Å². The molecule has 0 saturated carbocycles. The molecule has 1 aromatic carbocycles. The van der Waals surface area contributed by atoms with Gasteiger partial charge in [0.1, 0.15) is 6.04 Å². The third-order valence-electron chi connectivity index (χ3n) is 4.47. The second-order valence-corrected chi connectivity index (χ2v) is 6.00. The molecule has 24 heavy (non-hydrogen) atoms. The van der Waals surface area contributed by atoms with Gasteiger partial charge in [0.05, 0.1) is 0 Å². The number of H-pyrrole nitrogens is 1. The molecule has 2 aromatic rings. The molecule has 0 radical (unpaired) electrons. The molecule has 1 aliphatic heterocycles. The van der Waals surface area contributed by atoms with Gasteiger partial charge in [-0.15, -0.1) is 24.8 Å². The molecule has 1 aliphatic rings. The number of carbonyl (C=O) groups excluding carboxylic acids is 1. The minimum absolute atomic E-state index is 0. The number of aryl methyl sites for hydroxylation is 1. The van der Waals surface area contributed by atoms with Crippen molar-refractivity contribution in [2.24, 2.45) is 5.73 Å². The molecular weight excluding hydrogens is 347 g/mol. The van der Waals surface area contributed by atoms with E-state index < -0.39 is 6.04 Å². The van der Waals surface area contributed by atoms with Crippen molar-refractivity contribution in [2.45, 2.75) is 31.7 Å². The van der Waals surface area contributed by atoms with E-state index in [1.54, 1.807) is 6.20 Å². The van der Waals surface area contributed by atoms with Crippen molar-refractivity contribution in [3.8, 4) is 0 Å². The number of aromatic amines is 1. The number of carbonyl (C=O) groups is 1. The maximum absolute atomic E-state index is 12.6. The lowest BCUT2D eigenvalue weighted by molar-refractivity contribution is -0.133. The van der Waals surface area contributed by atoms with Crippen molar-refractivity contribution >= 4 is 30.7 Å². The maximum atomic E-state index is 12.6. The van der Waals surface area contributed by atoms with E-state index in [0.717, 1.165) is 37.2 Å². The van der Waals surface area contributed by atoms with E-state index in [1.165, 1.54) is 5.56 Å². The van der Waals surface area contributed by atoms with Crippen LogP contribution in [0, 0.1) is 6.92 Å². The lowest BCUT2D eigenvalue weighted by Gasteiger charge is -2.33. The number of benzene rings is 1. The number of piperidine rings is 1. The highest BCUT2D eigenvalue weighted by molar-refractivity contribution is 5.85. The van der Waals surface area contributed by atoms with Crippen LogP contribution in [-0.2, 0) is 4.79 Å². The Kier molecular flexibility index (Phi) is 7.73. The summed E-state index contributed by atoms with van der Waals surface area (Å²) in [6, 6.07) is 9.31. The quantitative estimate of drug-likeness (QED) is 0.871. The number of amides is 1. The van der Waals surface area contributed by atoms with Crippen LogP contribution in [0.5, 0.6) is 0 Å². The van der Waals surface area contributed by atoms with E-state index in [1.807, 2.05) is 42.2 Å². The van der Waals surface area contributed by atoms with E-state index in [2.05, 4.69) is 10.2 Å². The Bertz CT molecular complexity index is 623. The highest BCUT2D eigenvalue weighted by Gasteiger charge is 2.28. The standard InChI is InChI=1S/C17H22N4O.2ClH/c1-12-2-4-14(5-3-12)16(18)17(22)21-10-7-13(8-11-21)15-6-9-19-20-15;;/h2-6,9,13,16H,7-8,10-11,18H2,1H3,(H,19,20);2*1H. The molecule has 3 N–H and O–H groups in total. The van der Waals surface area contributed by atoms with Crippen molar-refractivity contribution in [3.05, 3.63) is 53.3 Å². The molecule has 1 fully saturated rings. The lowest BCUT2D eigenvalue weighted by atomic mass is 9.93. The van der Waals surface area contributed by atoms with Crippen LogP contribution in [0.2, 0.25) is 0 Å². The summed E-state index contributed by atoms with van der Waals surface area (Å²) < 4.78 is 0. The normalized spacial score (nSPS) is 16.0. The molecule has 5 nitrogen and oxygen atoms in total. The molecule has 7 heteroatoms. The second-order valence-electron chi connectivity index (χ2n) is 6.00. The predicted octanol–water partition coefficient (Wildman–Crippen LogP) is 2.97. The first kappa shape index (κ1) is 20.5. The molecule has 1 aromatic heterocycles. The Morgan fingerprint density at radius 2 is 1.83 bits per heavy atom. The summed E-state index contributed by atoms with van der Waals surface area (Å²) in [6.07, 6.45) is 3.68. The molecule has 0 spiro atoms. The topological polar surface area (TPSA) is 75.0 Å². The monoisotopic (exact) mass is 370 g/mol. The van der Waals surface area contributed by atoms with Gasteiger partial charge in [0, 0.05) is 30.9 Å². The first-order valence-electron chi connectivity index (χ1n) is 7.75. The molecule has 2 heterocycles. The van der Waals surface area contributed by atoms with Gasteiger partial charge in [-0.3, -0.25) is 9.89 Å². The fourth-order valence-electron chi connectivity index (χ4n) is 3.02. The average molecular weight is 371 g/mol. The summed E-state index contributed by atoms with van der Waals surface area (Å²) in [5, 5.41) is 7.03. The number of hydrogen-bond donors (Lipinski definition) is 2. The fourth-order valence-corrected chi connectivity index (χ4v) is 3.02. The average Bonchev–Trinajstić information content (AvgIpc) is 3.09. The van der Waals surface area contributed by atoms with Gasteiger partial charge in [-0.25, -0.2) is 0 Å². The Morgan fingerprint density at radius 1 is 1.21 bits per heavy atom. The minimum Gasteiger partial charge on any atom is -0.341 e. The van der Waals surface area contributed by atoms with Crippen LogP contribution >= 0.6 is 24.8 Å². The Balaban J connectivity index is 0.00000144. The third-order valence-corrected chi connectivity index (χ3v) is 4.47. The number of aromatic nitrogens is 2. The van der Waals surface area contributed by atoms with Gasteiger partial charge >= 0.3 is 0 Å². The lowest BCUT2D eigenvalue weighted by Crippen LogP contribution is -2.43. The van der Waals surface area contributed by atoms with Gasteiger partial charge < -0.3 is 10.6 Å². The number of halogens is 2. The van der Waals surface area contributed by atoms with Crippen molar-refractivity contribution in [3.63, 3.8) is 0 Å². The van der Waals surface area contributed by atoms with E-state index >= 15 is 0 Å². The zero-order valence-corrected chi connectivity index (χ0v) is 15.3. The zero-order chi connectivity index (χ0) is 15.5. The molecule has 1 amide bonds. The molecule has 1 unspecified atom stereocenters. The minimum atomic E-state index is -0.565. The van der Waals surface area contributed by atoms with E-state index in [9.17, 15) is 4.79 Å². The van der Waals surface area contributed by atoms with Gasteiger partial charge in [0.2, 0.25) is 5.91 Å². The van der Waals surface area contributed by atoms with Gasteiger partial charge in [0.25, 0.3) is 0 Å². The largest absolute Gasteiger partial charge is 0.341 e. The zero-order valence-electron chi connectivity index (χ0n) is 13.6. The Labute approximate surface area is 154 Å².